The number of benzene rings is 2. The summed E-state index contributed by atoms with van der Waals surface area (Å²) in [5.74, 6) is -0.110. The summed E-state index contributed by atoms with van der Waals surface area (Å²) in [5, 5.41) is 2.95. The summed E-state index contributed by atoms with van der Waals surface area (Å²) in [6.07, 6.45) is 3.00. The van der Waals surface area contributed by atoms with Crippen molar-refractivity contribution in [1.29, 1.82) is 0 Å². The van der Waals surface area contributed by atoms with E-state index < -0.39 is 6.04 Å². The minimum Gasteiger partial charge on any atom is -0.354 e. The second-order valence-corrected chi connectivity index (χ2v) is 8.37. The summed E-state index contributed by atoms with van der Waals surface area (Å²) in [4.78, 5) is 27.4. The smallest absolute Gasteiger partial charge is 0.242 e. The number of nitrogens with one attached hydrogen (secondary N) is 1. The predicted molar refractivity (Wildman–Crippen MR) is 122 cm³/mol. The predicted octanol–water partition coefficient (Wildman–Crippen LogP) is 5.02. The average Bonchev–Trinajstić information content (AvgIpc) is 2.71. The maximum absolute atomic E-state index is 13.1. The molecule has 0 aliphatic heterocycles. The average molecular weight is 459 g/mol. The van der Waals surface area contributed by atoms with Crippen LogP contribution in [-0.2, 0) is 22.6 Å². The number of rotatable bonds is 10. The zero-order chi connectivity index (χ0) is 21.2. The van der Waals surface area contributed by atoms with Crippen molar-refractivity contribution in [3.05, 3.63) is 69.7 Å². The van der Waals surface area contributed by atoms with Gasteiger partial charge in [-0.25, -0.2) is 0 Å². The topological polar surface area (TPSA) is 49.4 Å². The Hall–Kier alpha value is -2.14. The highest BCUT2D eigenvalue weighted by molar-refractivity contribution is 9.10. The second-order valence-electron chi connectivity index (χ2n) is 7.46. The van der Waals surface area contributed by atoms with Crippen LogP contribution in [0.5, 0.6) is 0 Å². The maximum atomic E-state index is 13.1. The fraction of sp³-hybridized carbons (Fsp3) is 0.417. The van der Waals surface area contributed by atoms with Crippen LogP contribution in [0.15, 0.2) is 53.0 Å². The number of hydrogen-bond acceptors (Lipinski definition) is 2. The Kier molecular flexibility index (Phi) is 9.39. The van der Waals surface area contributed by atoms with Crippen molar-refractivity contribution >= 4 is 27.7 Å². The Morgan fingerprint density at radius 2 is 1.83 bits per heavy atom. The number of unbranched alkanes of at least 4 members (excludes halogenated alkanes) is 1. The third kappa shape index (κ3) is 7.65. The molecule has 2 aromatic rings. The molecule has 0 saturated heterocycles. The van der Waals surface area contributed by atoms with Gasteiger partial charge in [-0.15, -0.1) is 0 Å². The molecule has 0 heterocycles. The Morgan fingerprint density at radius 3 is 2.48 bits per heavy atom. The fourth-order valence-electron chi connectivity index (χ4n) is 3.10. The van der Waals surface area contributed by atoms with Gasteiger partial charge in [-0.3, -0.25) is 9.59 Å². The SMILES string of the molecule is CCCCNC(=O)[C@@H](C)N(Cc1cccc(Br)c1)C(=O)CCc1ccc(C)cc1. The minimum absolute atomic E-state index is 0.0105. The maximum Gasteiger partial charge on any atom is 0.242 e. The van der Waals surface area contributed by atoms with E-state index in [4.69, 9.17) is 0 Å². The van der Waals surface area contributed by atoms with Crippen molar-refractivity contribution < 1.29 is 9.59 Å². The number of carbonyl (C=O) groups excluding carboxylic acids is 2. The molecule has 0 radical (unpaired) electrons. The lowest BCUT2D eigenvalue weighted by molar-refractivity contribution is -0.140. The summed E-state index contributed by atoms with van der Waals surface area (Å²) in [5.41, 5.74) is 3.33. The standard InChI is InChI=1S/C24H31BrN2O2/c1-4-5-15-26-24(29)19(3)27(17-21-7-6-8-22(25)16-21)23(28)14-13-20-11-9-18(2)10-12-20/h6-12,16,19H,4-5,13-15,17H2,1-3H3,(H,26,29)/t19-/m1/s1. The number of carbonyl (C=O) groups is 2. The van der Waals surface area contributed by atoms with Crippen LogP contribution in [0.4, 0.5) is 0 Å². The van der Waals surface area contributed by atoms with E-state index in [1.54, 1.807) is 4.90 Å². The van der Waals surface area contributed by atoms with Crippen LogP contribution >= 0.6 is 15.9 Å². The third-order valence-corrected chi connectivity index (χ3v) is 5.48. The lowest BCUT2D eigenvalue weighted by Crippen LogP contribution is -2.47. The first-order valence-corrected chi connectivity index (χ1v) is 11.1. The summed E-state index contributed by atoms with van der Waals surface area (Å²) in [6.45, 7) is 7.00. The van der Waals surface area contributed by atoms with Gasteiger partial charge in [0.15, 0.2) is 0 Å². The molecule has 2 rings (SSSR count). The number of amides is 2. The zero-order valence-electron chi connectivity index (χ0n) is 17.6. The van der Waals surface area contributed by atoms with E-state index in [0.29, 0.717) is 25.9 Å². The monoisotopic (exact) mass is 458 g/mol. The fourth-order valence-corrected chi connectivity index (χ4v) is 3.55. The number of hydrogen-bond donors (Lipinski definition) is 1. The first kappa shape index (κ1) is 23.1. The van der Waals surface area contributed by atoms with Crippen LogP contribution in [0.25, 0.3) is 0 Å². The molecule has 0 saturated carbocycles. The molecule has 2 amide bonds. The molecule has 156 valence electrons. The Morgan fingerprint density at radius 1 is 1.10 bits per heavy atom. The third-order valence-electron chi connectivity index (χ3n) is 4.99. The van der Waals surface area contributed by atoms with E-state index in [-0.39, 0.29) is 11.8 Å². The molecular formula is C24H31BrN2O2. The summed E-state index contributed by atoms with van der Waals surface area (Å²) in [6, 6.07) is 15.6. The Bertz CT molecular complexity index is 805. The molecule has 0 aliphatic carbocycles. The van der Waals surface area contributed by atoms with Crippen molar-refractivity contribution in [2.45, 2.75) is 59.0 Å². The van der Waals surface area contributed by atoms with Gasteiger partial charge in [0.1, 0.15) is 6.04 Å². The van der Waals surface area contributed by atoms with Crippen molar-refractivity contribution in [2.24, 2.45) is 0 Å². The van der Waals surface area contributed by atoms with Gasteiger partial charge in [0.25, 0.3) is 0 Å². The first-order valence-electron chi connectivity index (χ1n) is 10.3. The van der Waals surface area contributed by atoms with Gasteiger partial charge in [-0.05, 0) is 49.9 Å². The molecule has 0 aliphatic rings. The molecule has 4 nitrogen and oxygen atoms in total. The highest BCUT2D eigenvalue weighted by Gasteiger charge is 2.25. The van der Waals surface area contributed by atoms with E-state index in [2.05, 4.69) is 52.4 Å². The van der Waals surface area contributed by atoms with Crippen LogP contribution in [0, 0.1) is 6.92 Å². The largest absolute Gasteiger partial charge is 0.354 e. The highest BCUT2D eigenvalue weighted by Crippen LogP contribution is 2.17. The minimum atomic E-state index is -0.517. The van der Waals surface area contributed by atoms with Crippen LogP contribution in [0.2, 0.25) is 0 Å². The van der Waals surface area contributed by atoms with E-state index in [0.717, 1.165) is 28.4 Å². The summed E-state index contributed by atoms with van der Waals surface area (Å²) >= 11 is 3.48. The van der Waals surface area contributed by atoms with Crippen molar-refractivity contribution in [2.75, 3.05) is 6.54 Å². The molecule has 2 aromatic carbocycles. The molecule has 0 aromatic heterocycles. The molecular weight excluding hydrogens is 428 g/mol. The molecule has 0 spiro atoms. The Balaban J connectivity index is 2.10. The van der Waals surface area contributed by atoms with E-state index in [9.17, 15) is 9.59 Å². The van der Waals surface area contributed by atoms with E-state index in [1.807, 2.05) is 38.1 Å². The van der Waals surface area contributed by atoms with Crippen LogP contribution in [0.1, 0.15) is 49.8 Å². The van der Waals surface area contributed by atoms with Gasteiger partial charge in [-0.1, -0.05) is 71.2 Å². The van der Waals surface area contributed by atoms with Crippen LogP contribution in [0.3, 0.4) is 0 Å². The van der Waals surface area contributed by atoms with Crippen molar-refractivity contribution in [3.8, 4) is 0 Å². The number of halogens is 1. The lowest BCUT2D eigenvalue weighted by atomic mass is 10.1. The molecule has 1 N–H and O–H groups in total. The molecule has 0 bridgehead atoms. The van der Waals surface area contributed by atoms with Gasteiger partial charge >= 0.3 is 0 Å². The van der Waals surface area contributed by atoms with E-state index in [1.165, 1.54) is 5.56 Å². The number of aryl methyl sites for hydroxylation is 2. The van der Waals surface area contributed by atoms with Crippen molar-refractivity contribution in [1.82, 2.24) is 10.2 Å². The van der Waals surface area contributed by atoms with Crippen LogP contribution in [-0.4, -0.2) is 29.3 Å². The molecule has 1 atom stereocenters. The van der Waals surface area contributed by atoms with Gasteiger partial charge < -0.3 is 10.2 Å². The summed E-state index contributed by atoms with van der Waals surface area (Å²) in [7, 11) is 0. The van der Waals surface area contributed by atoms with Gasteiger partial charge in [0.05, 0.1) is 0 Å². The highest BCUT2D eigenvalue weighted by atomic mass is 79.9. The molecule has 5 heteroatoms. The van der Waals surface area contributed by atoms with E-state index >= 15 is 0 Å². The van der Waals surface area contributed by atoms with Gasteiger partial charge in [-0.2, -0.15) is 0 Å². The van der Waals surface area contributed by atoms with Crippen molar-refractivity contribution in [3.63, 3.8) is 0 Å². The van der Waals surface area contributed by atoms with Crippen LogP contribution < -0.4 is 5.32 Å². The zero-order valence-corrected chi connectivity index (χ0v) is 19.2. The molecule has 0 fully saturated rings. The first-order chi connectivity index (χ1) is 13.9. The number of nitrogens with zero attached hydrogens (tertiary/aromatic N) is 1. The quantitative estimate of drug-likeness (QED) is 0.507. The second kappa shape index (κ2) is 11.8. The van der Waals surface area contributed by atoms with Gasteiger partial charge in [0, 0.05) is 24.0 Å². The molecule has 29 heavy (non-hydrogen) atoms. The summed E-state index contributed by atoms with van der Waals surface area (Å²) < 4.78 is 0.960. The molecule has 0 unspecified atom stereocenters. The van der Waals surface area contributed by atoms with Gasteiger partial charge in [0.2, 0.25) is 11.8 Å². The normalized spacial score (nSPS) is 11.7. The lowest BCUT2D eigenvalue weighted by Gasteiger charge is -2.29. The Labute approximate surface area is 182 Å².